The van der Waals surface area contributed by atoms with Gasteiger partial charge in [-0.15, -0.1) is 0 Å². The van der Waals surface area contributed by atoms with Gasteiger partial charge in [0.1, 0.15) is 5.82 Å². The van der Waals surface area contributed by atoms with Crippen LogP contribution in [0.3, 0.4) is 0 Å². The van der Waals surface area contributed by atoms with Crippen LogP contribution >= 0.6 is 0 Å². The molecule has 0 radical (unpaired) electrons. The van der Waals surface area contributed by atoms with E-state index in [9.17, 15) is 4.79 Å². The SMILES string of the molecule is CC(C)NC(=O)Cc1cn2c(n1)C(C)N(Cc1cnn(C(C)C)c1)CC2. The Balaban J connectivity index is 1.67. The summed E-state index contributed by atoms with van der Waals surface area (Å²) in [5.74, 6) is 1.07. The molecule has 0 spiro atoms. The number of hydrogen-bond donors (Lipinski definition) is 1. The van der Waals surface area contributed by atoms with E-state index in [4.69, 9.17) is 4.98 Å². The minimum Gasteiger partial charge on any atom is -0.354 e. The van der Waals surface area contributed by atoms with Crippen molar-refractivity contribution in [2.45, 2.75) is 72.3 Å². The number of imidazole rings is 1. The summed E-state index contributed by atoms with van der Waals surface area (Å²) in [6.07, 6.45) is 6.45. The summed E-state index contributed by atoms with van der Waals surface area (Å²) >= 11 is 0. The first kappa shape index (κ1) is 18.6. The molecule has 2 aromatic rings. The molecule has 1 amide bonds. The lowest BCUT2D eigenvalue weighted by atomic mass is 10.2. The van der Waals surface area contributed by atoms with Crippen molar-refractivity contribution < 1.29 is 4.79 Å². The lowest BCUT2D eigenvalue weighted by molar-refractivity contribution is -0.120. The van der Waals surface area contributed by atoms with E-state index in [0.29, 0.717) is 12.5 Å². The van der Waals surface area contributed by atoms with Crippen LogP contribution in [0.15, 0.2) is 18.6 Å². The van der Waals surface area contributed by atoms with Gasteiger partial charge >= 0.3 is 0 Å². The van der Waals surface area contributed by atoms with Crippen molar-refractivity contribution in [3.05, 3.63) is 35.7 Å². The maximum Gasteiger partial charge on any atom is 0.226 e. The van der Waals surface area contributed by atoms with E-state index in [0.717, 1.165) is 31.2 Å². The smallest absolute Gasteiger partial charge is 0.226 e. The average molecular weight is 358 g/mol. The minimum absolute atomic E-state index is 0.0288. The summed E-state index contributed by atoms with van der Waals surface area (Å²) in [7, 11) is 0. The third-order valence-electron chi connectivity index (χ3n) is 4.77. The summed E-state index contributed by atoms with van der Waals surface area (Å²) in [5.41, 5.74) is 2.07. The Hall–Kier alpha value is -2.15. The number of carbonyl (C=O) groups is 1. The number of nitrogens with zero attached hydrogens (tertiary/aromatic N) is 5. The van der Waals surface area contributed by atoms with Crippen LogP contribution in [-0.4, -0.2) is 42.7 Å². The number of amides is 1. The largest absolute Gasteiger partial charge is 0.354 e. The molecule has 0 bridgehead atoms. The van der Waals surface area contributed by atoms with Crippen molar-refractivity contribution >= 4 is 5.91 Å². The van der Waals surface area contributed by atoms with Crippen LogP contribution in [0.1, 0.15) is 63.8 Å². The van der Waals surface area contributed by atoms with Crippen LogP contribution in [0.5, 0.6) is 0 Å². The highest BCUT2D eigenvalue weighted by Gasteiger charge is 2.27. The Morgan fingerprint density at radius 2 is 2.04 bits per heavy atom. The lowest BCUT2D eigenvalue weighted by Gasteiger charge is -2.33. The van der Waals surface area contributed by atoms with E-state index in [1.807, 2.05) is 30.9 Å². The van der Waals surface area contributed by atoms with Gasteiger partial charge in [-0.3, -0.25) is 14.4 Å². The van der Waals surface area contributed by atoms with E-state index in [-0.39, 0.29) is 18.0 Å². The molecule has 1 N–H and O–H groups in total. The van der Waals surface area contributed by atoms with Gasteiger partial charge in [-0.2, -0.15) is 5.10 Å². The normalized spacial score (nSPS) is 17.7. The highest BCUT2D eigenvalue weighted by atomic mass is 16.1. The third-order valence-corrected chi connectivity index (χ3v) is 4.77. The Morgan fingerprint density at radius 3 is 2.69 bits per heavy atom. The molecule has 7 nitrogen and oxygen atoms in total. The molecule has 0 saturated carbocycles. The number of fused-ring (bicyclic) bond motifs is 1. The molecule has 1 aliphatic rings. The fourth-order valence-electron chi connectivity index (χ4n) is 3.41. The molecule has 0 aromatic carbocycles. The Bertz CT molecular complexity index is 760. The van der Waals surface area contributed by atoms with Gasteiger partial charge in [0.2, 0.25) is 5.91 Å². The first-order valence-electron chi connectivity index (χ1n) is 9.46. The van der Waals surface area contributed by atoms with Gasteiger partial charge in [0.25, 0.3) is 0 Å². The monoisotopic (exact) mass is 358 g/mol. The number of carbonyl (C=O) groups excluding carboxylic acids is 1. The number of aromatic nitrogens is 4. The van der Waals surface area contributed by atoms with Crippen LogP contribution in [0.4, 0.5) is 0 Å². The molecule has 142 valence electrons. The fourth-order valence-corrected chi connectivity index (χ4v) is 3.41. The number of nitrogens with one attached hydrogen (secondary N) is 1. The van der Waals surface area contributed by atoms with Gasteiger partial charge in [0.05, 0.1) is 24.4 Å². The molecule has 2 aromatic heterocycles. The number of hydrogen-bond acceptors (Lipinski definition) is 4. The maximum absolute atomic E-state index is 12.0. The molecule has 0 saturated heterocycles. The van der Waals surface area contributed by atoms with Crippen molar-refractivity contribution in [3.63, 3.8) is 0 Å². The summed E-state index contributed by atoms with van der Waals surface area (Å²) < 4.78 is 4.19. The van der Waals surface area contributed by atoms with E-state index in [1.54, 1.807) is 0 Å². The third kappa shape index (κ3) is 4.15. The summed E-state index contributed by atoms with van der Waals surface area (Å²) in [4.78, 5) is 19.2. The summed E-state index contributed by atoms with van der Waals surface area (Å²) in [6.45, 7) is 13.1. The van der Waals surface area contributed by atoms with Gasteiger partial charge in [0, 0.05) is 49.7 Å². The Kier molecular flexibility index (Phi) is 5.46. The van der Waals surface area contributed by atoms with Crippen molar-refractivity contribution in [3.8, 4) is 0 Å². The zero-order chi connectivity index (χ0) is 18.8. The summed E-state index contributed by atoms with van der Waals surface area (Å²) in [6, 6.07) is 0.745. The fraction of sp³-hybridized carbons (Fsp3) is 0.632. The van der Waals surface area contributed by atoms with Crippen LogP contribution in [0, 0.1) is 0 Å². The molecule has 0 aliphatic carbocycles. The highest BCUT2D eigenvalue weighted by Crippen LogP contribution is 2.26. The van der Waals surface area contributed by atoms with Crippen molar-refractivity contribution in [2.75, 3.05) is 6.54 Å². The quantitative estimate of drug-likeness (QED) is 0.860. The van der Waals surface area contributed by atoms with E-state index >= 15 is 0 Å². The predicted octanol–water partition coefficient (Wildman–Crippen LogP) is 2.30. The van der Waals surface area contributed by atoms with E-state index in [1.165, 1.54) is 5.56 Å². The van der Waals surface area contributed by atoms with Gasteiger partial charge < -0.3 is 9.88 Å². The van der Waals surface area contributed by atoms with Crippen molar-refractivity contribution in [2.24, 2.45) is 0 Å². The topological polar surface area (TPSA) is 68.0 Å². The second-order valence-electron chi connectivity index (χ2n) is 7.75. The van der Waals surface area contributed by atoms with Crippen LogP contribution in [-0.2, 0) is 24.3 Å². The molecular weight excluding hydrogens is 328 g/mol. The molecule has 1 atom stereocenters. The molecular formula is C19H30N6O. The minimum atomic E-state index is 0.0288. The van der Waals surface area contributed by atoms with Gasteiger partial charge in [-0.1, -0.05) is 0 Å². The molecule has 1 aliphatic heterocycles. The van der Waals surface area contributed by atoms with Crippen LogP contribution in [0.2, 0.25) is 0 Å². The summed E-state index contributed by atoms with van der Waals surface area (Å²) in [5, 5.41) is 7.36. The number of rotatable bonds is 6. The van der Waals surface area contributed by atoms with Gasteiger partial charge in [-0.25, -0.2) is 4.98 Å². The van der Waals surface area contributed by atoms with E-state index < -0.39 is 0 Å². The first-order chi connectivity index (χ1) is 12.3. The zero-order valence-corrected chi connectivity index (χ0v) is 16.4. The van der Waals surface area contributed by atoms with Crippen LogP contribution < -0.4 is 5.32 Å². The lowest BCUT2D eigenvalue weighted by Crippen LogP contribution is -2.36. The average Bonchev–Trinajstić information content (AvgIpc) is 3.16. The maximum atomic E-state index is 12.0. The van der Waals surface area contributed by atoms with Gasteiger partial charge in [-0.05, 0) is 34.6 Å². The van der Waals surface area contributed by atoms with Gasteiger partial charge in [0.15, 0.2) is 0 Å². The highest BCUT2D eigenvalue weighted by molar-refractivity contribution is 5.78. The predicted molar refractivity (Wildman–Crippen MR) is 101 cm³/mol. The van der Waals surface area contributed by atoms with Crippen molar-refractivity contribution in [1.82, 2.24) is 29.5 Å². The second kappa shape index (κ2) is 7.61. The molecule has 26 heavy (non-hydrogen) atoms. The molecule has 3 rings (SSSR count). The van der Waals surface area contributed by atoms with E-state index in [2.05, 4.69) is 46.9 Å². The zero-order valence-electron chi connectivity index (χ0n) is 16.4. The first-order valence-corrected chi connectivity index (χ1v) is 9.46. The molecule has 7 heteroatoms. The van der Waals surface area contributed by atoms with Crippen molar-refractivity contribution in [1.29, 1.82) is 0 Å². The molecule has 0 fully saturated rings. The standard InChI is InChI=1S/C19H30N6O/c1-13(2)21-18(26)8-17-12-24-7-6-23(15(5)19(24)22-17)10-16-9-20-25(11-16)14(3)4/h9,11-15H,6-8,10H2,1-5H3,(H,21,26). The molecule has 1 unspecified atom stereocenters. The molecule has 3 heterocycles. The Labute approximate surface area is 155 Å². The Morgan fingerprint density at radius 1 is 1.27 bits per heavy atom. The second-order valence-corrected chi connectivity index (χ2v) is 7.75. The van der Waals surface area contributed by atoms with Crippen LogP contribution in [0.25, 0.3) is 0 Å².